The number of pyridine rings is 1. The first-order valence-corrected chi connectivity index (χ1v) is 11.4. The number of hydrogen-bond acceptors (Lipinski definition) is 2. The number of amides is 1. The lowest BCUT2D eigenvalue weighted by Crippen LogP contribution is -2.37. The zero-order chi connectivity index (χ0) is 22.1. The fourth-order valence-electron chi connectivity index (χ4n) is 4.87. The summed E-state index contributed by atoms with van der Waals surface area (Å²) in [5.41, 5.74) is 5.73. The maximum atomic E-state index is 14.6. The Balaban J connectivity index is 1.68. The maximum absolute atomic E-state index is 14.6. The number of piperidine rings is 1. The number of likely N-dealkylation sites (tertiary alicyclic amines) is 1. The van der Waals surface area contributed by atoms with Crippen molar-refractivity contribution < 1.29 is 9.18 Å². The molecule has 0 spiro atoms. The van der Waals surface area contributed by atoms with Gasteiger partial charge in [0.25, 0.3) is 0 Å². The normalized spacial score (nSPS) is 15.2. The molecule has 1 fully saturated rings. The number of rotatable bonds is 5. The molecule has 1 aromatic carbocycles. The number of hydrogen-bond donors (Lipinski definition) is 1. The number of aromatic nitrogens is 2. The SMILES string of the molecule is CCCC(=O)N1CCC(c2ccc3[nH]c(-c4cc(C)ncc4F)c(C(C)C)c3c2)CC1. The Kier molecular flexibility index (Phi) is 6.12. The van der Waals surface area contributed by atoms with Crippen molar-refractivity contribution in [3.63, 3.8) is 0 Å². The van der Waals surface area contributed by atoms with Gasteiger partial charge in [-0.2, -0.15) is 0 Å². The van der Waals surface area contributed by atoms with Crippen LogP contribution in [0.1, 0.15) is 75.1 Å². The first-order valence-electron chi connectivity index (χ1n) is 11.4. The van der Waals surface area contributed by atoms with Gasteiger partial charge in [0.05, 0.1) is 11.9 Å². The summed E-state index contributed by atoms with van der Waals surface area (Å²) in [6, 6.07) is 8.41. The molecular formula is C26H32FN3O. The molecular weight excluding hydrogens is 389 g/mol. The minimum absolute atomic E-state index is 0.250. The Morgan fingerprint density at radius 3 is 2.68 bits per heavy atom. The van der Waals surface area contributed by atoms with E-state index in [-0.39, 0.29) is 17.6 Å². The van der Waals surface area contributed by atoms with Crippen LogP contribution in [0.3, 0.4) is 0 Å². The largest absolute Gasteiger partial charge is 0.354 e. The smallest absolute Gasteiger partial charge is 0.222 e. The second-order valence-electron chi connectivity index (χ2n) is 9.08. The molecule has 0 unspecified atom stereocenters. The second kappa shape index (κ2) is 8.81. The van der Waals surface area contributed by atoms with E-state index < -0.39 is 0 Å². The monoisotopic (exact) mass is 421 g/mol. The van der Waals surface area contributed by atoms with E-state index in [1.54, 1.807) is 0 Å². The molecule has 164 valence electrons. The topological polar surface area (TPSA) is 49.0 Å². The van der Waals surface area contributed by atoms with Crippen LogP contribution in [0.4, 0.5) is 4.39 Å². The van der Waals surface area contributed by atoms with E-state index in [2.05, 4.69) is 48.9 Å². The Hall–Kier alpha value is -2.69. The minimum Gasteiger partial charge on any atom is -0.354 e. The van der Waals surface area contributed by atoms with Crippen LogP contribution in [-0.2, 0) is 4.79 Å². The molecule has 1 N–H and O–H groups in total. The van der Waals surface area contributed by atoms with Crippen LogP contribution in [0.25, 0.3) is 22.2 Å². The van der Waals surface area contributed by atoms with Gasteiger partial charge in [0.15, 0.2) is 5.82 Å². The van der Waals surface area contributed by atoms with E-state index in [0.717, 1.165) is 54.8 Å². The molecule has 1 saturated heterocycles. The number of benzene rings is 1. The standard InChI is InChI=1S/C26H32FN3O/c1-5-6-24(31)30-11-9-18(10-12-30)19-7-8-23-21(14-19)25(16(2)3)26(29-23)20-13-17(4)28-15-22(20)27/h7-8,13-16,18,29H,5-6,9-12H2,1-4H3. The summed E-state index contributed by atoms with van der Waals surface area (Å²) in [7, 11) is 0. The molecule has 0 saturated carbocycles. The van der Waals surface area contributed by atoms with Crippen LogP contribution in [0.5, 0.6) is 0 Å². The van der Waals surface area contributed by atoms with Crippen LogP contribution >= 0.6 is 0 Å². The van der Waals surface area contributed by atoms with Crippen molar-refractivity contribution >= 4 is 16.8 Å². The van der Waals surface area contributed by atoms with Crippen molar-refractivity contribution in [1.82, 2.24) is 14.9 Å². The van der Waals surface area contributed by atoms with Gasteiger partial charge in [0, 0.05) is 41.7 Å². The molecule has 4 nitrogen and oxygen atoms in total. The summed E-state index contributed by atoms with van der Waals surface area (Å²) in [6.45, 7) is 9.91. The molecule has 31 heavy (non-hydrogen) atoms. The number of H-pyrrole nitrogens is 1. The predicted octanol–water partition coefficient (Wildman–Crippen LogP) is 6.31. The van der Waals surface area contributed by atoms with E-state index in [9.17, 15) is 9.18 Å². The van der Waals surface area contributed by atoms with Crippen molar-refractivity contribution in [2.24, 2.45) is 0 Å². The Labute approximate surface area is 183 Å². The lowest BCUT2D eigenvalue weighted by molar-refractivity contribution is -0.132. The highest BCUT2D eigenvalue weighted by Gasteiger charge is 2.25. The van der Waals surface area contributed by atoms with Gasteiger partial charge in [-0.1, -0.05) is 26.8 Å². The van der Waals surface area contributed by atoms with Crippen molar-refractivity contribution in [2.45, 2.75) is 65.2 Å². The third-order valence-corrected chi connectivity index (χ3v) is 6.48. The zero-order valence-corrected chi connectivity index (χ0v) is 19.0. The number of nitrogens with one attached hydrogen (secondary N) is 1. The number of aromatic amines is 1. The summed E-state index contributed by atoms with van der Waals surface area (Å²) in [5, 5.41) is 1.17. The number of fused-ring (bicyclic) bond motifs is 1. The Morgan fingerprint density at radius 2 is 2.00 bits per heavy atom. The van der Waals surface area contributed by atoms with Crippen LogP contribution in [0.2, 0.25) is 0 Å². The third-order valence-electron chi connectivity index (χ3n) is 6.48. The van der Waals surface area contributed by atoms with Crippen molar-refractivity contribution in [3.8, 4) is 11.3 Å². The summed E-state index contributed by atoms with van der Waals surface area (Å²) >= 11 is 0. The van der Waals surface area contributed by atoms with E-state index in [1.165, 1.54) is 17.1 Å². The molecule has 0 bridgehead atoms. The molecule has 3 aromatic rings. The van der Waals surface area contributed by atoms with E-state index in [4.69, 9.17) is 0 Å². The van der Waals surface area contributed by atoms with E-state index in [0.29, 0.717) is 17.9 Å². The predicted molar refractivity (Wildman–Crippen MR) is 124 cm³/mol. The van der Waals surface area contributed by atoms with Gasteiger partial charge >= 0.3 is 0 Å². The fraction of sp³-hybridized carbons (Fsp3) is 0.462. The first kappa shape index (κ1) is 21.5. The van der Waals surface area contributed by atoms with Crippen LogP contribution in [-0.4, -0.2) is 33.9 Å². The highest BCUT2D eigenvalue weighted by molar-refractivity contribution is 5.92. The first-order chi connectivity index (χ1) is 14.9. The van der Waals surface area contributed by atoms with Gasteiger partial charge in [-0.15, -0.1) is 0 Å². The number of carbonyl (C=O) groups excluding carboxylic acids is 1. The molecule has 4 rings (SSSR count). The summed E-state index contributed by atoms with van der Waals surface area (Å²) in [4.78, 5) is 21.8. The molecule has 0 radical (unpaired) electrons. The molecule has 3 heterocycles. The maximum Gasteiger partial charge on any atom is 0.222 e. The summed E-state index contributed by atoms with van der Waals surface area (Å²) in [6.07, 6.45) is 4.84. The highest BCUT2D eigenvalue weighted by Crippen LogP contribution is 2.39. The number of halogens is 1. The summed E-state index contributed by atoms with van der Waals surface area (Å²) < 4.78 is 14.6. The second-order valence-corrected chi connectivity index (χ2v) is 9.08. The average Bonchev–Trinajstić information content (AvgIpc) is 3.14. The Morgan fingerprint density at radius 1 is 1.26 bits per heavy atom. The molecule has 0 aliphatic carbocycles. The van der Waals surface area contributed by atoms with Gasteiger partial charge in [-0.25, -0.2) is 4.39 Å². The average molecular weight is 422 g/mol. The van der Waals surface area contributed by atoms with Crippen LogP contribution in [0, 0.1) is 12.7 Å². The molecule has 5 heteroatoms. The van der Waals surface area contributed by atoms with E-state index in [1.807, 2.05) is 17.9 Å². The zero-order valence-electron chi connectivity index (χ0n) is 19.0. The number of nitrogens with zero attached hydrogens (tertiary/aromatic N) is 2. The fourth-order valence-corrected chi connectivity index (χ4v) is 4.87. The number of aryl methyl sites for hydroxylation is 1. The van der Waals surface area contributed by atoms with Crippen LogP contribution < -0.4 is 0 Å². The van der Waals surface area contributed by atoms with Crippen molar-refractivity contribution in [3.05, 3.63) is 53.1 Å². The third kappa shape index (κ3) is 4.23. The Bertz CT molecular complexity index is 1090. The summed E-state index contributed by atoms with van der Waals surface area (Å²) in [5.74, 6) is 0.681. The molecule has 0 atom stereocenters. The molecule has 2 aromatic heterocycles. The quantitative estimate of drug-likeness (QED) is 0.525. The molecule has 1 aliphatic rings. The minimum atomic E-state index is -0.302. The van der Waals surface area contributed by atoms with Crippen molar-refractivity contribution in [2.75, 3.05) is 13.1 Å². The highest BCUT2D eigenvalue weighted by atomic mass is 19.1. The van der Waals surface area contributed by atoms with Gasteiger partial charge in [0.2, 0.25) is 5.91 Å². The van der Waals surface area contributed by atoms with Gasteiger partial charge in [0.1, 0.15) is 0 Å². The lowest BCUT2D eigenvalue weighted by atomic mass is 9.87. The van der Waals surface area contributed by atoms with Crippen molar-refractivity contribution in [1.29, 1.82) is 0 Å². The van der Waals surface area contributed by atoms with Gasteiger partial charge in [-0.05, 0) is 67.3 Å². The van der Waals surface area contributed by atoms with Crippen LogP contribution in [0.15, 0.2) is 30.5 Å². The van der Waals surface area contributed by atoms with Gasteiger partial charge in [-0.3, -0.25) is 9.78 Å². The number of carbonyl (C=O) groups is 1. The van der Waals surface area contributed by atoms with Gasteiger partial charge < -0.3 is 9.88 Å². The lowest BCUT2D eigenvalue weighted by Gasteiger charge is -2.32. The molecule has 1 amide bonds. The van der Waals surface area contributed by atoms with E-state index >= 15 is 0 Å². The molecule has 1 aliphatic heterocycles.